The van der Waals surface area contributed by atoms with E-state index in [1.165, 1.54) is 15.3 Å². The molecule has 0 atom stereocenters. The molecule has 0 amide bonds. The molecule has 0 spiro atoms. The minimum atomic E-state index is 0.0121. The van der Waals surface area contributed by atoms with Gasteiger partial charge in [0.2, 0.25) is 5.56 Å². The summed E-state index contributed by atoms with van der Waals surface area (Å²) >= 11 is 1.81. The molecular weight excluding hydrogens is 232 g/mol. The predicted octanol–water partition coefficient (Wildman–Crippen LogP) is 2.68. The van der Waals surface area contributed by atoms with E-state index in [9.17, 15) is 4.79 Å². The van der Waals surface area contributed by atoms with E-state index in [2.05, 4.69) is 25.2 Å². The molecule has 17 heavy (non-hydrogen) atoms. The van der Waals surface area contributed by atoms with E-state index in [-0.39, 0.29) is 5.56 Å². The number of hydrogen-bond donors (Lipinski definition) is 1. The molecule has 0 fully saturated rings. The largest absolute Gasteiger partial charge is 0.380 e. The molecule has 0 radical (unpaired) electrons. The van der Waals surface area contributed by atoms with Crippen molar-refractivity contribution in [1.29, 1.82) is 0 Å². The van der Waals surface area contributed by atoms with Crippen LogP contribution in [-0.2, 0) is 13.6 Å². The van der Waals surface area contributed by atoms with Crippen LogP contribution in [0.4, 0.5) is 5.69 Å². The summed E-state index contributed by atoms with van der Waals surface area (Å²) in [6.45, 7) is 5.05. The number of aryl methyl sites for hydroxylation is 3. The van der Waals surface area contributed by atoms with Crippen molar-refractivity contribution in [2.45, 2.75) is 20.4 Å². The van der Waals surface area contributed by atoms with Gasteiger partial charge in [-0.1, -0.05) is 0 Å². The Balaban J connectivity index is 2.09. The number of pyridine rings is 1. The van der Waals surface area contributed by atoms with E-state index >= 15 is 0 Å². The molecule has 0 unspecified atom stereocenters. The maximum Gasteiger partial charge on any atom is 0.250 e. The van der Waals surface area contributed by atoms with Crippen LogP contribution in [0.3, 0.4) is 0 Å². The predicted molar refractivity (Wildman–Crippen MR) is 72.8 cm³/mol. The smallest absolute Gasteiger partial charge is 0.250 e. The highest BCUT2D eigenvalue weighted by molar-refractivity contribution is 7.12. The molecule has 0 aliphatic heterocycles. The van der Waals surface area contributed by atoms with Crippen molar-refractivity contribution >= 4 is 17.0 Å². The Morgan fingerprint density at radius 3 is 2.71 bits per heavy atom. The summed E-state index contributed by atoms with van der Waals surface area (Å²) < 4.78 is 1.58. The highest BCUT2D eigenvalue weighted by Crippen LogP contribution is 2.21. The van der Waals surface area contributed by atoms with E-state index < -0.39 is 0 Å². The molecular formula is C13H16N2OS. The number of nitrogens with zero attached hydrogens (tertiary/aromatic N) is 1. The van der Waals surface area contributed by atoms with Crippen molar-refractivity contribution in [2.75, 3.05) is 5.32 Å². The van der Waals surface area contributed by atoms with E-state index in [0.29, 0.717) is 0 Å². The van der Waals surface area contributed by atoms with Crippen LogP contribution < -0.4 is 10.9 Å². The quantitative estimate of drug-likeness (QED) is 0.906. The zero-order valence-corrected chi connectivity index (χ0v) is 11.1. The van der Waals surface area contributed by atoms with Crippen molar-refractivity contribution in [3.63, 3.8) is 0 Å². The van der Waals surface area contributed by atoms with E-state index in [1.54, 1.807) is 17.7 Å². The minimum Gasteiger partial charge on any atom is -0.380 e. The molecule has 0 bridgehead atoms. The fourth-order valence-corrected chi connectivity index (χ4v) is 2.70. The highest BCUT2D eigenvalue weighted by Gasteiger charge is 2.02. The van der Waals surface area contributed by atoms with Crippen molar-refractivity contribution < 1.29 is 0 Å². The average Bonchev–Trinajstić information content (AvgIpc) is 2.59. The molecule has 0 saturated carbocycles. The molecule has 2 aromatic heterocycles. The summed E-state index contributed by atoms with van der Waals surface area (Å²) in [4.78, 5) is 13.9. The summed E-state index contributed by atoms with van der Waals surface area (Å²) in [6.07, 6.45) is 1.82. The van der Waals surface area contributed by atoms with Crippen LogP contribution in [0.1, 0.15) is 15.3 Å². The minimum absolute atomic E-state index is 0.0121. The standard InChI is InChI=1S/C13H16N2OS/c1-9-6-11(10(2)17-9)7-14-12-4-5-13(16)15(3)8-12/h4-6,8,14H,7H2,1-3H3. The first-order valence-electron chi connectivity index (χ1n) is 5.53. The van der Waals surface area contributed by atoms with E-state index in [4.69, 9.17) is 0 Å². The number of nitrogens with one attached hydrogen (secondary N) is 1. The lowest BCUT2D eigenvalue weighted by atomic mass is 10.2. The summed E-state index contributed by atoms with van der Waals surface area (Å²) in [5.74, 6) is 0. The van der Waals surface area contributed by atoms with Crippen LogP contribution in [0.5, 0.6) is 0 Å². The summed E-state index contributed by atoms with van der Waals surface area (Å²) in [6, 6.07) is 5.60. The van der Waals surface area contributed by atoms with Gasteiger partial charge in [0.25, 0.3) is 0 Å². The zero-order chi connectivity index (χ0) is 12.4. The molecule has 0 aliphatic carbocycles. The monoisotopic (exact) mass is 248 g/mol. The first-order valence-corrected chi connectivity index (χ1v) is 6.34. The molecule has 3 nitrogen and oxygen atoms in total. The fourth-order valence-electron chi connectivity index (χ4n) is 1.75. The third-order valence-corrected chi connectivity index (χ3v) is 3.72. The van der Waals surface area contributed by atoms with Gasteiger partial charge in [-0.05, 0) is 31.5 Å². The van der Waals surface area contributed by atoms with Crippen LogP contribution in [0.25, 0.3) is 0 Å². The Labute approximate surface area is 105 Å². The maximum atomic E-state index is 11.2. The maximum absolute atomic E-state index is 11.2. The van der Waals surface area contributed by atoms with Crippen molar-refractivity contribution in [1.82, 2.24) is 4.57 Å². The summed E-state index contributed by atoms with van der Waals surface area (Å²) in [7, 11) is 1.76. The molecule has 0 aromatic carbocycles. The molecule has 2 aromatic rings. The average molecular weight is 248 g/mol. The van der Waals surface area contributed by atoms with Gasteiger partial charge < -0.3 is 9.88 Å². The molecule has 4 heteroatoms. The third-order valence-electron chi connectivity index (χ3n) is 2.71. The first kappa shape index (κ1) is 11.9. The Hall–Kier alpha value is -1.55. The molecule has 2 heterocycles. The lowest BCUT2D eigenvalue weighted by Crippen LogP contribution is -2.15. The van der Waals surface area contributed by atoms with Gasteiger partial charge in [0.05, 0.1) is 5.69 Å². The van der Waals surface area contributed by atoms with Crippen LogP contribution in [0, 0.1) is 13.8 Å². The van der Waals surface area contributed by atoms with Crippen molar-refractivity contribution in [2.24, 2.45) is 7.05 Å². The van der Waals surface area contributed by atoms with Gasteiger partial charge >= 0.3 is 0 Å². The molecule has 0 aliphatic rings. The van der Waals surface area contributed by atoms with Crippen molar-refractivity contribution in [3.8, 4) is 0 Å². The van der Waals surface area contributed by atoms with Gasteiger partial charge in [-0.15, -0.1) is 11.3 Å². The Kier molecular flexibility index (Phi) is 3.33. The summed E-state index contributed by atoms with van der Waals surface area (Å²) in [5.41, 5.74) is 2.30. The number of thiophene rings is 1. The van der Waals surface area contributed by atoms with Gasteiger partial charge in [-0.25, -0.2) is 0 Å². The van der Waals surface area contributed by atoms with E-state index in [0.717, 1.165) is 12.2 Å². The molecule has 0 saturated heterocycles. The Bertz CT molecular complexity index is 583. The fraction of sp³-hybridized carbons (Fsp3) is 0.308. The Morgan fingerprint density at radius 1 is 1.35 bits per heavy atom. The second-order valence-corrected chi connectivity index (χ2v) is 5.62. The molecule has 1 N–H and O–H groups in total. The van der Waals surface area contributed by atoms with Crippen LogP contribution in [0.15, 0.2) is 29.2 Å². The zero-order valence-electron chi connectivity index (χ0n) is 10.3. The number of rotatable bonds is 3. The lowest BCUT2D eigenvalue weighted by Gasteiger charge is -2.07. The van der Waals surface area contributed by atoms with Gasteiger partial charge in [-0.3, -0.25) is 4.79 Å². The summed E-state index contributed by atoms with van der Waals surface area (Å²) in [5, 5.41) is 3.33. The second-order valence-electron chi connectivity index (χ2n) is 4.16. The number of aromatic nitrogens is 1. The van der Waals surface area contributed by atoms with Gasteiger partial charge in [0.15, 0.2) is 0 Å². The lowest BCUT2D eigenvalue weighted by molar-refractivity contribution is 0.859. The van der Waals surface area contributed by atoms with Gasteiger partial charge in [0.1, 0.15) is 0 Å². The second kappa shape index (κ2) is 4.75. The van der Waals surface area contributed by atoms with Crippen LogP contribution in [-0.4, -0.2) is 4.57 Å². The van der Waals surface area contributed by atoms with E-state index in [1.807, 2.05) is 23.6 Å². The molecule has 90 valence electrons. The van der Waals surface area contributed by atoms with Crippen LogP contribution >= 0.6 is 11.3 Å². The number of anilines is 1. The Morgan fingerprint density at radius 2 is 2.12 bits per heavy atom. The van der Waals surface area contributed by atoms with Gasteiger partial charge in [0, 0.05) is 35.6 Å². The molecule has 2 rings (SSSR count). The van der Waals surface area contributed by atoms with Crippen LogP contribution in [0.2, 0.25) is 0 Å². The number of hydrogen-bond acceptors (Lipinski definition) is 3. The SMILES string of the molecule is Cc1cc(CNc2ccc(=O)n(C)c2)c(C)s1. The first-order chi connectivity index (χ1) is 8.06. The van der Waals surface area contributed by atoms with Gasteiger partial charge in [-0.2, -0.15) is 0 Å². The normalized spacial score (nSPS) is 10.5. The topological polar surface area (TPSA) is 34.0 Å². The van der Waals surface area contributed by atoms with Crippen molar-refractivity contribution in [3.05, 3.63) is 50.1 Å². The third kappa shape index (κ3) is 2.77. The highest BCUT2D eigenvalue weighted by atomic mass is 32.1.